The van der Waals surface area contributed by atoms with Crippen molar-refractivity contribution in [2.24, 2.45) is 0 Å². The lowest BCUT2D eigenvalue weighted by Gasteiger charge is -1.99. The van der Waals surface area contributed by atoms with E-state index in [2.05, 4.69) is 9.97 Å². The summed E-state index contributed by atoms with van der Waals surface area (Å²) in [5.41, 5.74) is 1.28. The Labute approximate surface area is 75.4 Å². The quantitative estimate of drug-likeness (QED) is 0.615. The topological polar surface area (TPSA) is 42.9 Å². The zero-order chi connectivity index (χ0) is 9.26. The number of hydrogen-bond acceptors (Lipinski definition) is 3. The van der Waals surface area contributed by atoms with Crippen molar-refractivity contribution < 1.29 is 4.79 Å². The highest BCUT2D eigenvalue weighted by atomic mass is 16.1. The van der Waals surface area contributed by atoms with Crippen LogP contribution in [0.2, 0.25) is 0 Å². The smallest absolute Gasteiger partial charge is 0.169 e. The third-order valence-corrected chi connectivity index (χ3v) is 1.86. The van der Waals surface area contributed by atoms with Gasteiger partial charge in [0.25, 0.3) is 0 Å². The molecule has 0 unspecified atom stereocenters. The van der Waals surface area contributed by atoms with Gasteiger partial charge in [0.1, 0.15) is 11.5 Å². The van der Waals surface area contributed by atoms with E-state index in [1.54, 1.807) is 6.92 Å². The fraction of sp³-hybridized carbons (Fsp3) is 0.100. The number of carbonyl (C=O) groups excluding carboxylic acids is 1. The molecule has 64 valence electrons. The van der Waals surface area contributed by atoms with Crippen LogP contribution < -0.4 is 0 Å². The lowest BCUT2D eigenvalue weighted by atomic mass is 10.2. The summed E-state index contributed by atoms with van der Waals surface area (Å²) in [6.07, 6.45) is 0.761. The number of benzene rings is 1. The third kappa shape index (κ3) is 1.28. The van der Waals surface area contributed by atoms with Crippen molar-refractivity contribution in [3.05, 3.63) is 35.8 Å². The van der Waals surface area contributed by atoms with Crippen molar-refractivity contribution in [2.75, 3.05) is 0 Å². The summed E-state index contributed by atoms with van der Waals surface area (Å²) in [6, 6.07) is 7.48. The molecule has 1 aromatic heterocycles. The minimum atomic E-state index is 0.461. The van der Waals surface area contributed by atoms with Gasteiger partial charge in [-0.05, 0) is 13.0 Å². The summed E-state index contributed by atoms with van der Waals surface area (Å²) in [5, 5.41) is 0.808. The number of para-hydroxylation sites is 1. The monoisotopic (exact) mass is 172 g/mol. The van der Waals surface area contributed by atoms with Crippen LogP contribution in [0, 0.1) is 6.92 Å². The Morgan fingerprint density at radius 1 is 1.23 bits per heavy atom. The second-order valence-electron chi connectivity index (χ2n) is 2.79. The molecule has 0 saturated heterocycles. The van der Waals surface area contributed by atoms with Crippen molar-refractivity contribution in [3.63, 3.8) is 0 Å². The van der Waals surface area contributed by atoms with Crippen LogP contribution in [0.4, 0.5) is 0 Å². The van der Waals surface area contributed by atoms with Gasteiger partial charge >= 0.3 is 0 Å². The van der Waals surface area contributed by atoms with Gasteiger partial charge in [0.05, 0.1) is 5.52 Å². The summed E-state index contributed by atoms with van der Waals surface area (Å²) in [7, 11) is 0. The Hall–Kier alpha value is -1.77. The molecule has 0 amide bonds. The van der Waals surface area contributed by atoms with Gasteiger partial charge in [-0.2, -0.15) is 0 Å². The fourth-order valence-electron chi connectivity index (χ4n) is 1.31. The predicted octanol–water partition coefficient (Wildman–Crippen LogP) is 1.75. The van der Waals surface area contributed by atoms with Crippen molar-refractivity contribution in [2.45, 2.75) is 6.92 Å². The standard InChI is InChI=1S/C10H8N2O/c1-7-11-9-5-3-2-4-8(9)10(6-13)12-7/h2-6H,1H3. The van der Waals surface area contributed by atoms with Crippen LogP contribution in [0.15, 0.2) is 24.3 Å². The minimum Gasteiger partial charge on any atom is -0.296 e. The molecule has 1 aromatic carbocycles. The van der Waals surface area contributed by atoms with Gasteiger partial charge in [-0.1, -0.05) is 18.2 Å². The molecule has 2 aromatic rings. The van der Waals surface area contributed by atoms with Crippen molar-refractivity contribution >= 4 is 17.2 Å². The molecule has 0 spiro atoms. The molecular weight excluding hydrogens is 164 g/mol. The number of carbonyl (C=O) groups is 1. The van der Waals surface area contributed by atoms with Gasteiger partial charge in [-0.25, -0.2) is 9.97 Å². The molecule has 0 radical (unpaired) electrons. The molecule has 0 fully saturated rings. The second-order valence-corrected chi connectivity index (χ2v) is 2.79. The van der Waals surface area contributed by atoms with E-state index < -0.39 is 0 Å². The SMILES string of the molecule is Cc1nc(C=O)c2ccccc2n1. The van der Waals surface area contributed by atoms with Gasteiger partial charge < -0.3 is 0 Å². The summed E-state index contributed by atoms with van der Waals surface area (Å²) < 4.78 is 0. The van der Waals surface area contributed by atoms with E-state index in [9.17, 15) is 4.79 Å². The molecule has 0 N–H and O–H groups in total. The molecular formula is C10H8N2O. The number of nitrogens with zero attached hydrogens (tertiary/aromatic N) is 2. The van der Waals surface area contributed by atoms with Crippen molar-refractivity contribution in [1.82, 2.24) is 9.97 Å². The van der Waals surface area contributed by atoms with E-state index in [4.69, 9.17) is 0 Å². The number of aromatic nitrogens is 2. The Balaban J connectivity index is 2.89. The zero-order valence-corrected chi connectivity index (χ0v) is 7.19. The molecule has 3 heteroatoms. The Kier molecular flexibility index (Phi) is 1.77. The zero-order valence-electron chi connectivity index (χ0n) is 7.19. The third-order valence-electron chi connectivity index (χ3n) is 1.86. The summed E-state index contributed by atoms with van der Waals surface area (Å²) in [5.74, 6) is 0.626. The normalized spacial score (nSPS) is 10.2. The first-order valence-electron chi connectivity index (χ1n) is 4.00. The van der Waals surface area contributed by atoms with Gasteiger partial charge in [0.15, 0.2) is 6.29 Å². The molecule has 3 nitrogen and oxygen atoms in total. The molecule has 2 rings (SSSR count). The first-order valence-corrected chi connectivity index (χ1v) is 4.00. The number of rotatable bonds is 1. The predicted molar refractivity (Wildman–Crippen MR) is 49.7 cm³/mol. The maximum absolute atomic E-state index is 10.7. The van der Waals surface area contributed by atoms with E-state index in [1.807, 2.05) is 24.3 Å². The van der Waals surface area contributed by atoms with Crippen LogP contribution >= 0.6 is 0 Å². The van der Waals surface area contributed by atoms with E-state index in [1.165, 1.54) is 0 Å². The van der Waals surface area contributed by atoms with Crippen molar-refractivity contribution in [1.29, 1.82) is 0 Å². The maximum atomic E-state index is 10.7. The van der Waals surface area contributed by atoms with Crippen LogP contribution in [-0.2, 0) is 0 Å². The fourth-order valence-corrected chi connectivity index (χ4v) is 1.31. The molecule has 1 heterocycles. The largest absolute Gasteiger partial charge is 0.296 e. The average Bonchev–Trinajstić information content (AvgIpc) is 2.16. The van der Waals surface area contributed by atoms with Crippen LogP contribution in [0.25, 0.3) is 10.9 Å². The van der Waals surface area contributed by atoms with Gasteiger partial charge in [0, 0.05) is 5.39 Å². The number of aldehydes is 1. The van der Waals surface area contributed by atoms with E-state index in [-0.39, 0.29) is 0 Å². The lowest BCUT2D eigenvalue weighted by molar-refractivity contribution is 0.112. The molecule has 0 aliphatic rings. The van der Waals surface area contributed by atoms with Crippen LogP contribution in [-0.4, -0.2) is 16.3 Å². The highest BCUT2D eigenvalue weighted by Gasteiger charge is 2.02. The molecule has 13 heavy (non-hydrogen) atoms. The summed E-state index contributed by atoms with van der Waals surface area (Å²) >= 11 is 0. The van der Waals surface area contributed by atoms with E-state index in [0.29, 0.717) is 11.5 Å². The van der Waals surface area contributed by atoms with Crippen LogP contribution in [0.1, 0.15) is 16.3 Å². The second kappa shape index (κ2) is 2.94. The molecule has 0 aliphatic carbocycles. The first kappa shape index (κ1) is 7.86. The summed E-state index contributed by atoms with van der Waals surface area (Å²) in [4.78, 5) is 18.9. The van der Waals surface area contributed by atoms with Gasteiger partial charge in [0.2, 0.25) is 0 Å². The van der Waals surface area contributed by atoms with Gasteiger partial charge in [-0.3, -0.25) is 4.79 Å². The van der Waals surface area contributed by atoms with Crippen LogP contribution in [0.5, 0.6) is 0 Å². The Bertz CT molecular complexity index is 465. The highest BCUT2D eigenvalue weighted by molar-refractivity contribution is 5.94. The number of aryl methyl sites for hydroxylation is 1. The number of fused-ring (bicyclic) bond motifs is 1. The van der Waals surface area contributed by atoms with E-state index in [0.717, 1.165) is 17.2 Å². The maximum Gasteiger partial charge on any atom is 0.169 e. The molecule has 0 atom stereocenters. The van der Waals surface area contributed by atoms with Gasteiger partial charge in [-0.15, -0.1) is 0 Å². The first-order chi connectivity index (χ1) is 6.31. The van der Waals surface area contributed by atoms with Crippen LogP contribution in [0.3, 0.4) is 0 Å². The highest BCUT2D eigenvalue weighted by Crippen LogP contribution is 2.13. The summed E-state index contributed by atoms with van der Waals surface area (Å²) in [6.45, 7) is 1.78. The molecule has 0 aliphatic heterocycles. The average molecular weight is 172 g/mol. The minimum absolute atomic E-state index is 0.461. The van der Waals surface area contributed by atoms with E-state index >= 15 is 0 Å². The van der Waals surface area contributed by atoms with Crippen molar-refractivity contribution in [3.8, 4) is 0 Å². The molecule has 0 bridgehead atoms. The Morgan fingerprint density at radius 2 is 2.00 bits per heavy atom. The number of hydrogen-bond donors (Lipinski definition) is 0. The Morgan fingerprint density at radius 3 is 2.77 bits per heavy atom. The lowest BCUT2D eigenvalue weighted by Crippen LogP contribution is -1.95. The molecule has 0 saturated carbocycles.